The van der Waals surface area contributed by atoms with Crippen LogP contribution >= 0.6 is 0 Å². The number of carbonyl (C=O) groups excluding carboxylic acids is 1. The lowest BCUT2D eigenvalue weighted by molar-refractivity contribution is -0.0522. The van der Waals surface area contributed by atoms with Gasteiger partial charge in [-0.25, -0.2) is 4.79 Å². The van der Waals surface area contributed by atoms with E-state index in [1.165, 1.54) is 11.8 Å². The third-order valence-electron chi connectivity index (χ3n) is 4.21. The molecule has 8 nitrogen and oxygen atoms in total. The van der Waals surface area contributed by atoms with Crippen molar-refractivity contribution in [2.45, 2.75) is 25.4 Å². The van der Waals surface area contributed by atoms with E-state index in [4.69, 9.17) is 9.47 Å². The summed E-state index contributed by atoms with van der Waals surface area (Å²) in [6.07, 6.45) is 0.773. The van der Waals surface area contributed by atoms with Crippen molar-refractivity contribution in [1.29, 1.82) is 0 Å². The zero-order chi connectivity index (χ0) is 22.1. The van der Waals surface area contributed by atoms with Crippen LogP contribution in [0.1, 0.15) is 34.2 Å². The number of esters is 1. The van der Waals surface area contributed by atoms with Crippen molar-refractivity contribution < 1.29 is 40.0 Å². The molecule has 0 amide bonds. The van der Waals surface area contributed by atoms with Crippen molar-refractivity contribution in [2.24, 2.45) is 0 Å². The van der Waals surface area contributed by atoms with Gasteiger partial charge >= 0.3 is 21.6 Å². The molecule has 0 unspecified atom stereocenters. The summed E-state index contributed by atoms with van der Waals surface area (Å²) in [5, 5.41) is 4.21. The number of allylic oxidation sites excluding steroid dienone is 1. The maximum Gasteiger partial charge on any atom is 0.534 e. The molecule has 1 aliphatic carbocycles. The van der Waals surface area contributed by atoms with Gasteiger partial charge in [0.25, 0.3) is 0 Å². The Kier molecular flexibility index (Phi) is 5.79. The normalized spacial score (nSPS) is 13.6. The molecule has 162 valence electrons. The summed E-state index contributed by atoms with van der Waals surface area (Å²) < 4.78 is 76.2. The van der Waals surface area contributed by atoms with Crippen LogP contribution < -0.4 is 4.74 Å². The van der Waals surface area contributed by atoms with Crippen LogP contribution in [0.2, 0.25) is 0 Å². The van der Waals surface area contributed by atoms with E-state index in [1.54, 1.807) is 31.2 Å². The average Bonchev–Trinajstić information content (AvgIpc) is 3.20. The first-order valence-electron chi connectivity index (χ1n) is 8.66. The van der Waals surface area contributed by atoms with Crippen LogP contribution in [0.3, 0.4) is 0 Å². The maximum atomic E-state index is 12.6. The van der Waals surface area contributed by atoms with Gasteiger partial charge in [0.2, 0.25) is 0 Å². The lowest BCUT2D eigenvalue weighted by Gasteiger charge is -2.11. The molecule has 0 radical (unpaired) electrons. The van der Waals surface area contributed by atoms with Gasteiger partial charge in [-0.15, -0.1) is 0 Å². The average molecular weight is 446 g/mol. The Morgan fingerprint density at radius 3 is 2.47 bits per heavy atom. The molecule has 0 bridgehead atoms. The fraction of sp³-hybridized carbons (Fsp3) is 0.333. The summed E-state index contributed by atoms with van der Waals surface area (Å²) >= 11 is 0. The van der Waals surface area contributed by atoms with Crippen molar-refractivity contribution >= 4 is 22.2 Å². The molecule has 0 aliphatic heterocycles. The molecule has 0 N–H and O–H groups in total. The van der Waals surface area contributed by atoms with Gasteiger partial charge in [-0.2, -0.15) is 26.7 Å². The SMILES string of the molecule is CCOC(=O)c1nn(Cc2ccc(OC)cc2)c2c1C=C(OS(=O)(=O)C(F)(F)F)C2. The summed E-state index contributed by atoms with van der Waals surface area (Å²) in [4.78, 5) is 12.2. The van der Waals surface area contributed by atoms with E-state index < -0.39 is 27.4 Å². The third kappa shape index (κ3) is 4.27. The van der Waals surface area contributed by atoms with Crippen LogP contribution in [0.25, 0.3) is 6.08 Å². The second-order valence-corrected chi connectivity index (χ2v) is 7.74. The number of aromatic nitrogens is 2. The van der Waals surface area contributed by atoms with Gasteiger partial charge in [0.05, 0.1) is 26.0 Å². The number of methoxy groups -OCH3 is 1. The van der Waals surface area contributed by atoms with Crippen LogP contribution in [0, 0.1) is 0 Å². The van der Waals surface area contributed by atoms with E-state index in [0.717, 1.165) is 11.6 Å². The Balaban J connectivity index is 1.93. The van der Waals surface area contributed by atoms with Crippen molar-refractivity contribution in [1.82, 2.24) is 9.78 Å². The molecule has 0 spiro atoms. The summed E-state index contributed by atoms with van der Waals surface area (Å²) in [7, 11) is -4.31. The second kappa shape index (κ2) is 8.01. The lowest BCUT2D eigenvalue weighted by Crippen LogP contribution is -2.25. The lowest BCUT2D eigenvalue weighted by atomic mass is 10.2. The monoisotopic (exact) mass is 446 g/mol. The first-order valence-corrected chi connectivity index (χ1v) is 10.1. The van der Waals surface area contributed by atoms with Gasteiger partial charge in [0.1, 0.15) is 11.5 Å². The van der Waals surface area contributed by atoms with Gasteiger partial charge in [-0.3, -0.25) is 4.68 Å². The Morgan fingerprint density at radius 1 is 1.23 bits per heavy atom. The van der Waals surface area contributed by atoms with Crippen molar-refractivity contribution in [3.8, 4) is 5.75 Å². The van der Waals surface area contributed by atoms with Gasteiger partial charge in [-0.1, -0.05) is 12.1 Å². The number of rotatable bonds is 7. The van der Waals surface area contributed by atoms with Gasteiger partial charge in [-0.05, 0) is 30.7 Å². The van der Waals surface area contributed by atoms with Crippen LogP contribution in [0.15, 0.2) is 30.0 Å². The van der Waals surface area contributed by atoms with Gasteiger partial charge in [0.15, 0.2) is 5.69 Å². The molecular weight excluding hydrogens is 429 g/mol. The number of nitrogens with zero attached hydrogens (tertiary/aromatic N) is 2. The van der Waals surface area contributed by atoms with Gasteiger partial charge < -0.3 is 13.7 Å². The molecule has 0 saturated heterocycles. The summed E-state index contributed by atoms with van der Waals surface area (Å²) in [5.74, 6) is -0.612. The number of benzene rings is 1. The highest BCUT2D eigenvalue weighted by molar-refractivity contribution is 7.87. The fourth-order valence-electron chi connectivity index (χ4n) is 2.85. The zero-order valence-corrected chi connectivity index (χ0v) is 16.7. The molecule has 0 saturated carbocycles. The number of ether oxygens (including phenoxy) is 2. The minimum atomic E-state index is -5.83. The molecule has 1 aliphatic rings. The van der Waals surface area contributed by atoms with Crippen molar-refractivity contribution in [3.63, 3.8) is 0 Å². The highest BCUT2D eigenvalue weighted by Crippen LogP contribution is 2.34. The standard InChI is InChI=1S/C18H17F3N2O6S/c1-3-28-17(24)16-14-8-13(29-30(25,26)18(19,20)21)9-15(14)23(22-16)10-11-4-6-12(27-2)7-5-11/h4-8H,3,9-10H2,1-2H3. The molecule has 12 heteroatoms. The molecular formula is C18H17F3N2O6S. The van der Waals surface area contributed by atoms with Crippen LogP contribution in [0.4, 0.5) is 13.2 Å². The maximum absolute atomic E-state index is 12.6. The highest BCUT2D eigenvalue weighted by Gasteiger charge is 2.49. The molecule has 2 aromatic rings. The number of hydrogen-bond acceptors (Lipinski definition) is 7. The Labute approximate surface area is 170 Å². The van der Waals surface area contributed by atoms with E-state index in [2.05, 4.69) is 9.28 Å². The first-order chi connectivity index (χ1) is 14.1. The van der Waals surface area contributed by atoms with E-state index >= 15 is 0 Å². The van der Waals surface area contributed by atoms with Crippen LogP contribution in [-0.2, 0) is 32.0 Å². The number of fused-ring (bicyclic) bond motifs is 1. The molecule has 0 atom stereocenters. The minimum absolute atomic E-state index is 0.0640. The number of carbonyl (C=O) groups is 1. The number of hydrogen-bond donors (Lipinski definition) is 0. The second-order valence-electron chi connectivity index (χ2n) is 6.21. The van der Waals surface area contributed by atoms with E-state index in [1.807, 2.05) is 0 Å². The molecule has 0 fully saturated rings. The predicted molar refractivity (Wildman–Crippen MR) is 98.0 cm³/mol. The smallest absolute Gasteiger partial charge is 0.497 e. The third-order valence-corrected chi connectivity index (χ3v) is 5.21. The largest absolute Gasteiger partial charge is 0.534 e. The molecule has 30 heavy (non-hydrogen) atoms. The Hall–Kier alpha value is -3.02. The summed E-state index contributed by atoms with van der Waals surface area (Å²) in [5.41, 5.74) is -4.44. The van der Waals surface area contributed by atoms with Crippen molar-refractivity contribution in [3.05, 3.63) is 52.5 Å². The topological polar surface area (TPSA) is 96.7 Å². The van der Waals surface area contributed by atoms with Crippen LogP contribution in [0.5, 0.6) is 5.75 Å². The zero-order valence-electron chi connectivity index (χ0n) is 15.9. The summed E-state index contributed by atoms with van der Waals surface area (Å²) in [6.45, 7) is 1.83. The highest BCUT2D eigenvalue weighted by atomic mass is 32.2. The van der Waals surface area contributed by atoms with Crippen molar-refractivity contribution in [2.75, 3.05) is 13.7 Å². The Bertz CT molecular complexity index is 1090. The fourth-order valence-corrected chi connectivity index (χ4v) is 3.34. The molecule has 1 aromatic carbocycles. The Morgan fingerprint density at radius 2 is 1.90 bits per heavy atom. The number of halogens is 3. The first kappa shape index (κ1) is 21.7. The van der Waals surface area contributed by atoms with E-state index in [-0.39, 0.29) is 30.8 Å². The molecule has 1 aromatic heterocycles. The van der Waals surface area contributed by atoms with Crippen LogP contribution in [-0.4, -0.2) is 43.4 Å². The molecule has 1 heterocycles. The quantitative estimate of drug-likeness (QED) is 0.367. The van der Waals surface area contributed by atoms with E-state index in [0.29, 0.717) is 11.4 Å². The minimum Gasteiger partial charge on any atom is -0.497 e. The van der Waals surface area contributed by atoms with E-state index in [9.17, 15) is 26.4 Å². The molecule has 3 rings (SSSR count). The van der Waals surface area contributed by atoms with Gasteiger partial charge in [0, 0.05) is 12.0 Å². The number of alkyl halides is 3. The summed E-state index contributed by atoms with van der Waals surface area (Å²) in [6, 6.07) is 6.94. The predicted octanol–water partition coefficient (Wildman–Crippen LogP) is 2.88.